The Morgan fingerprint density at radius 3 is 2.79 bits per heavy atom. The summed E-state index contributed by atoms with van der Waals surface area (Å²) in [7, 11) is 0. The first-order chi connectivity index (χ1) is 11.8. The second kappa shape index (κ2) is 8.45. The van der Waals surface area contributed by atoms with Crippen molar-refractivity contribution in [3.63, 3.8) is 0 Å². The van der Waals surface area contributed by atoms with Gasteiger partial charge in [-0.15, -0.1) is 0 Å². The minimum atomic E-state index is 0.274. The van der Waals surface area contributed by atoms with Gasteiger partial charge < -0.3 is 14.2 Å². The number of para-hydroxylation sites is 1. The largest absolute Gasteiger partial charge is 0.493 e. The SMILES string of the molecule is CCCCOc1c(C)c(COC2CCOCC2)nc2ccccc12. The molecule has 0 amide bonds. The van der Waals surface area contributed by atoms with Crippen molar-refractivity contribution in [3.05, 3.63) is 35.5 Å². The smallest absolute Gasteiger partial charge is 0.133 e. The lowest BCUT2D eigenvalue weighted by atomic mass is 10.1. The molecular formula is C20H27NO3. The third-order valence-electron chi connectivity index (χ3n) is 4.55. The van der Waals surface area contributed by atoms with E-state index in [0.29, 0.717) is 6.61 Å². The van der Waals surface area contributed by atoms with Gasteiger partial charge in [0.1, 0.15) is 5.75 Å². The summed E-state index contributed by atoms with van der Waals surface area (Å²) in [5.74, 6) is 0.958. The van der Waals surface area contributed by atoms with Gasteiger partial charge in [-0.25, -0.2) is 4.98 Å². The lowest BCUT2D eigenvalue weighted by molar-refractivity contribution is -0.0400. The van der Waals surface area contributed by atoms with Gasteiger partial charge in [-0.1, -0.05) is 25.5 Å². The highest BCUT2D eigenvalue weighted by atomic mass is 16.5. The molecule has 1 saturated heterocycles. The van der Waals surface area contributed by atoms with Crippen LogP contribution in [-0.4, -0.2) is 30.9 Å². The second-order valence-corrected chi connectivity index (χ2v) is 6.35. The molecule has 130 valence electrons. The molecule has 1 aliphatic rings. The highest BCUT2D eigenvalue weighted by Crippen LogP contribution is 2.31. The molecule has 0 spiro atoms. The number of nitrogens with zero attached hydrogens (tertiary/aromatic N) is 1. The van der Waals surface area contributed by atoms with Gasteiger partial charge in [-0.05, 0) is 38.3 Å². The van der Waals surface area contributed by atoms with Gasteiger partial charge in [0.05, 0.1) is 30.5 Å². The van der Waals surface area contributed by atoms with Crippen LogP contribution in [0, 0.1) is 6.92 Å². The van der Waals surface area contributed by atoms with E-state index < -0.39 is 0 Å². The normalized spacial score (nSPS) is 15.8. The molecule has 0 saturated carbocycles. The Hall–Kier alpha value is -1.65. The number of benzene rings is 1. The van der Waals surface area contributed by atoms with Crippen molar-refractivity contribution in [2.24, 2.45) is 0 Å². The molecule has 0 aliphatic carbocycles. The second-order valence-electron chi connectivity index (χ2n) is 6.35. The van der Waals surface area contributed by atoms with E-state index in [9.17, 15) is 0 Å². The minimum absolute atomic E-state index is 0.274. The zero-order valence-corrected chi connectivity index (χ0v) is 14.7. The zero-order chi connectivity index (χ0) is 16.8. The van der Waals surface area contributed by atoms with Crippen molar-refractivity contribution in [2.75, 3.05) is 19.8 Å². The molecule has 0 bridgehead atoms. The third kappa shape index (κ3) is 4.05. The molecule has 4 nitrogen and oxygen atoms in total. The molecule has 4 heteroatoms. The topological polar surface area (TPSA) is 40.6 Å². The van der Waals surface area contributed by atoms with Gasteiger partial charge in [0.25, 0.3) is 0 Å². The van der Waals surface area contributed by atoms with Crippen LogP contribution in [0.2, 0.25) is 0 Å². The monoisotopic (exact) mass is 329 g/mol. The number of ether oxygens (including phenoxy) is 3. The predicted molar refractivity (Wildman–Crippen MR) is 95.5 cm³/mol. The fourth-order valence-corrected chi connectivity index (χ4v) is 3.01. The third-order valence-corrected chi connectivity index (χ3v) is 4.55. The molecule has 2 aromatic rings. The van der Waals surface area contributed by atoms with Crippen molar-refractivity contribution in [1.82, 2.24) is 4.98 Å². The Kier molecular flexibility index (Phi) is 6.05. The first-order valence-corrected chi connectivity index (χ1v) is 9.00. The molecule has 1 aromatic heterocycles. The van der Waals surface area contributed by atoms with Gasteiger partial charge in [0.15, 0.2) is 0 Å². The van der Waals surface area contributed by atoms with E-state index in [0.717, 1.165) is 73.4 Å². The number of hydrogen-bond donors (Lipinski definition) is 0. The quantitative estimate of drug-likeness (QED) is 0.705. The fourth-order valence-electron chi connectivity index (χ4n) is 3.01. The molecule has 2 heterocycles. The fraction of sp³-hybridized carbons (Fsp3) is 0.550. The van der Waals surface area contributed by atoms with Gasteiger partial charge >= 0.3 is 0 Å². The van der Waals surface area contributed by atoms with E-state index in [-0.39, 0.29) is 6.10 Å². The van der Waals surface area contributed by atoms with Crippen molar-refractivity contribution in [1.29, 1.82) is 0 Å². The molecule has 3 rings (SSSR count). The molecule has 1 aromatic carbocycles. The number of rotatable bonds is 7. The highest BCUT2D eigenvalue weighted by molar-refractivity contribution is 5.86. The van der Waals surface area contributed by atoms with Gasteiger partial charge in [-0.3, -0.25) is 0 Å². The van der Waals surface area contributed by atoms with E-state index in [2.05, 4.69) is 19.9 Å². The van der Waals surface area contributed by atoms with Crippen LogP contribution in [0.4, 0.5) is 0 Å². The molecule has 1 fully saturated rings. The Bertz CT molecular complexity index is 665. The Balaban J connectivity index is 1.82. The van der Waals surface area contributed by atoms with E-state index >= 15 is 0 Å². The van der Waals surface area contributed by atoms with E-state index in [1.54, 1.807) is 0 Å². The molecule has 24 heavy (non-hydrogen) atoms. The maximum atomic E-state index is 6.11. The number of unbranched alkanes of at least 4 members (excludes halogenated alkanes) is 1. The van der Waals surface area contributed by atoms with Crippen LogP contribution >= 0.6 is 0 Å². The summed E-state index contributed by atoms with van der Waals surface area (Å²) < 4.78 is 17.6. The van der Waals surface area contributed by atoms with Crippen molar-refractivity contribution >= 4 is 10.9 Å². The summed E-state index contributed by atoms with van der Waals surface area (Å²) in [6.45, 7) is 7.12. The maximum absolute atomic E-state index is 6.11. The average molecular weight is 329 g/mol. The van der Waals surface area contributed by atoms with Crippen LogP contribution in [0.1, 0.15) is 43.9 Å². The summed E-state index contributed by atoms with van der Waals surface area (Å²) in [4.78, 5) is 4.81. The summed E-state index contributed by atoms with van der Waals surface area (Å²) in [5.41, 5.74) is 3.05. The molecular weight excluding hydrogens is 302 g/mol. The molecule has 0 N–H and O–H groups in total. The van der Waals surface area contributed by atoms with Crippen LogP contribution in [0.5, 0.6) is 5.75 Å². The number of hydrogen-bond acceptors (Lipinski definition) is 4. The van der Waals surface area contributed by atoms with E-state index in [1.165, 1.54) is 0 Å². The van der Waals surface area contributed by atoms with Crippen molar-refractivity contribution in [3.8, 4) is 5.75 Å². The van der Waals surface area contributed by atoms with Crippen molar-refractivity contribution < 1.29 is 14.2 Å². The number of aromatic nitrogens is 1. The van der Waals surface area contributed by atoms with Crippen LogP contribution in [0.15, 0.2) is 24.3 Å². The van der Waals surface area contributed by atoms with Crippen LogP contribution in [-0.2, 0) is 16.1 Å². The summed E-state index contributed by atoms with van der Waals surface area (Å²) in [5, 5.41) is 1.08. The predicted octanol–water partition coefficient (Wildman–Crippen LogP) is 4.42. The van der Waals surface area contributed by atoms with Gasteiger partial charge in [0, 0.05) is 24.2 Å². The first-order valence-electron chi connectivity index (χ1n) is 9.00. The van der Waals surface area contributed by atoms with Crippen LogP contribution < -0.4 is 4.74 Å². The van der Waals surface area contributed by atoms with Crippen LogP contribution in [0.3, 0.4) is 0 Å². The lowest BCUT2D eigenvalue weighted by Crippen LogP contribution is -2.23. The van der Waals surface area contributed by atoms with Gasteiger partial charge in [-0.2, -0.15) is 0 Å². The standard InChI is InChI=1S/C20H27NO3/c1-3-4-11-23-20-15(2)19(14-24-16-9-12-22-13-10-16)21-18-8-6-5-7-17(18)20/h5-8,16H,3-4,9-14H2,1-2H3. The molecule has 1 aliphatic heterocycles. The summed E-state index contributed by atoms with van der Waals surface area (Å²) >= 11 is 0. The molecule has 0 radical (unpaired) electrons. The number of pyridine rings is 1. The highest BCUT2D eigenvalue weighted by Gasteiger charge is 2.17. The zero-order valence-electron chi connectivity index (χ0n) is 14.7. The first kappa shape index (κ1) is 17.2. The Morgan fingerprint density at radius 1 is 1.21 bits per heavy atom. The van der Waals surface area contributed by atoms with E-state index in [1.807, 2.05) is 18.2 Å². The summed E-state index contributed by atoms with van der Waals surface area (Å²) in [6, 6.07) is 8.18. The molecule has 0 unspecified atom stereocenters. The Morgan fingerprint density at radius 2 is 2.00 bits per heavy atom. The molecule has 0 atom stereocenters. The maximum Gasteiger partial charge on any atom is 0.133 e. The average Bonchev–Trinajstić information content (AvgIpc) is 2.63. The summed E-state index contributed by atoms with van der Waals surface area (Å²) in [6.07, 6.45) is 4.39. The minimum Gasteiger partial charge on any atom is -0.493 e. The van der Waals surface area contributed by atoms with Gasteiger partial charge in [0.2, 0.25) is 0 Å². The van der Waals surface area contributed by atoms with Crippen LogP contribution in [0.25, 0.3) is 10.9 Å². The lowest BCUT2D eigenvalue weighted by Gasteiger charge is -2.23. The van der Waals surface area contributed by atoms with E-state index in [4.69, 9.17) is 19.2 Å². The Labute approximate surface area is 144 Å². The number of fused-ring (bicyclic) bond motifs is 1. The van der Waals surface area contributed by atoms with Crippen molar-refractivity contribution in [2.45, 2.75) is 52.2 Å².